The van der Waals surface area contributed by atoms with Crippen molar-refractivity contribution >= 4 is 29.9 Å². The smallest absolute Gasteiger partial charge is 0.191 e. The van der Waals surface area contributed by atoms with E-state index in [1.807, 2.05) is 0 Å². The summed E-state index contributed by atoms with van der Waals surface area (Å²) >= 11 is 0. The standard InChI is InChI=1S/C19H38N4O2.HI/c1-3-20-18(22-15-19(7-12-24)8-13-25-16-19)21-9-5-11-23-10-4-6-17(2)14-23;/h17,24H,3-16H2,1-2H3,(H2,20,21,22);1H. The molecule has 0 aromatic heterocycles. The van der Waals surface area contributed by atoms with Crippen LogP contribution < -0.4 is 10.6 Å². The zero-order chi connectivity index (χ0) is 18.0. The van der Waals surface area contributed by atoms with Gasteiger partial charge >= 0.3 is 0 Å². The molecule has 3 N–H and O–H groups in total. The van der Waals surface area contributed by atoms with E-state index in [0.29, 0.717) is 13.2 Å². The fourth-order valence-corrected chi connectivity index (χ4v) is 3.88. The number of hydrogen-bond donors (Lipinski definition) is 3. The molecule has 2 rings (SSSR count). The highest BCUT2D eigenvalue weighted by Gasteiger charge is 2.34. The molecular weight excluding hydrogens is 443 g/mol. The van der Waals surface area contributed by atoms with Crippen LogP contribution in [-0.2, 0) is 4.74 Å². The number of aliphatic hydroxyl groups is 1. The third-order valence-corrected chi connectivity index (χ3v) is 5.43. The molecule has 0 radical (unpaired) electrons. The number of halogens is 1. The van der Waals surface area contributed by atoms with Gasteiger partial charge < -0.3 is 25.4 Å². The van der Waals surface area contributed by atoms with Gasteiger partial charge in [0.05, 0.1) is 13.2 Å². The SMILES string of the molecule is CCNC(=NCC1(CCO)CCOC1)NCCCN1CCCC(C)C1.I. The minimum absolute atomic E-state index is 0. The molecule has 2 heterocycles. The molecule has 2 aliphatic rings. The first kappa shape index (κ1) is 23.9. The van der Waals surface area contributed by atoms with Gasteiger partial charge in [-0.05, 0) is 58.0 Å². The van der Waals surface area contributed by atoms with E-state index in [9.17, 15) is 5.11 Å². The lowest BCUT2D eigenvalue weighted by Crippen LogP contribution is -2.41. The van der Waals surface area contributed by atoms with Crippen LogP contribution in [0.4, 0.5) is 0 Å². The van der Waals surface area contributed by atoms with Gasteiger partial charge in [0.15, 0.2) is 5.96 Å². The summed E-state index contributed by atoms with van der Waals surface area (Å²) in [6.45, 7) is 12.3. The van der Waals surface area contributed by atoms with Crippen molar-refractivity contribution in [2.75, 3.05) is 59.1 Å². The van der Waals surface area contributed by atoms with Crippen LogP contribution in [0.5, 0.6) is 0 Å². The molecule has 0 spiro atoms. The van der Waals surface area contributed by atoms with Crippen molar-refractivity contribution in [1.82, 2.24) is 15.5 Å². The Morgan fingerprint density at radius 2 is 2.23 bits per heavy atom. The lowest BCUT2D eigenvalue weighted by atomic mass is 9.84. The van der Waals surface area contributed by atoms with E-state index in [1.54, 1.807) is 0 Å². The number of likely N-dealkylation sites (tertiary alicyclic amines) is 1. The second-order valence-corrected chi connectivity index (χ2v) is 7.80. The topological polar surface area (TPSA) is 69.1 Å². The molecule has 7 heteroatoms. The third-order valence-electron chi connectivity index (χ3n) is 5.43. The monoisotopic (exact) mass is 482 g/mol. The van der Waals surface area contributed by atoms with Gasteiger partial charge in [-0.15, -0.1) is 24.0 Å². The van der Waals surface area contributed by atoms with Crippen molar-refractivity contribution in [2.24, 2.45) is 16.3 Å². The van der Waals surface area contributed by atoms with Crippen molar-refractivity contribution in [2.45, 2.75) is 46.0 Å². The predicted octanol–water partition coefficient (Wildman–Crippen LogP) is 2.07. The van der Waals surface area contributed by atoms with E-state index in [-0.39, 0.29) is 36.0 Å². The van der Waals surface area contributed by atoms with E-state index >= 15 is 0 Å². The quantitative estimate of drug-likeness (QED) is 0.203. The lowest BCUT2D eigenvalue weighted by Gasteiger charge is -2.30. The van der Waals surface area contributed by atoms with Crippen LogP contribution in [0.15, 0.2) is 4.99 Å². The molecule has 0 saturated carbocycles. The molecule has 0 aromatic rings. The molecule has 0 amide bonds. The van der Waals surface area contributed by atoms with E-state index < -0.39 is 0 Å². The van der Waals surface area contributed by atoms with Gasteiger partial charge in [0.2, 0.25) is 0 Å². The molecular formula is C19H39IN4O2. The Bertz CT molecular complexity index is 403. The first-order valence-corrected chi connectivity index (χ1v) is 10.1. The molecule has 0 aromatic carbocycles. The van der Waals surface area contributed by atoms with Crippen LogP contribution in [0.2, 0.25) is 0 Å². The molecule has 154 valence electrons. The van der Waals surface area contributed by atoms with Crippen LogP contribution in [0.1, 0.15) is 46.0 Å². The maximum Gasteiger partial charge on any atom is 0.191 e. The summed E-state index contributed by atoms with van der Waals surface area (Å²) in [7, 11) is 0. The number of aliphatic imine (C=N–C) groups is 1. The van der Waals surface area contributed by atoms with Crippen molar-refractivity contribution in [3.05, 3.63) is 0 Å². The zero-order valence-electron chi connectivity index (χ0n) is 16.6. The van der Waals surface area contributed by atoms with Crippen LogP contribution in [0.25, 0.3) is 0 Å². The van der Waals surface area contributed by atoms with Crippen LogP contribution >= 0.6 is 24.0 Å². The van der Waals surface area contributed by atoms with Crippen molar-refractivity contribution in [3.63, 3.8) is 0 Å². The molecule has 26 heavy (non-hydrogen) atoms. The second kappa shape index (κ2) is 13.1. The molecule has 2 atom stereocenters. The van der Waals surface area contributed by atoms with E-state index in [2.05, 4.69) is 29.4 Å². The number of rotatable bonds is 9. The first-order chi connectivity index (χ1) is 12.2. The highest BCUT2D eigenvalue weighted by molar-refractivity contribution is 14.0. The Kier molecular flexibility index (Phi) is 12.1. The number of nitrogens with one attached hydrogen (secondary N) is 2. The Balaban J connectivity index is 0.00000338. The van der Waals surface area contributed by atoms with E-state index in [4.69, 9.17) is 9.73 Å². The largest absolute Gasteiger partial charge is 0.396 e. The third kappa shape index (κ3) is 8.27. The second-order valence-electron chi connectivity index (χ2n) is 7.80. The molecule has 2 unspecified atom stereocenters. The molecule has 6 nitrogen and oxygen atoms in total. The minimum Gasteiger partial charge on any atom is -0.396 e. The van der Waals surface area contributed by atoms with Crippen molar-refractivity contribution < 1.29 is 9.84 Å². The molecule has 0 aliphatic carbocycles. The molecule has 2 saturated heterocycles. The molecule has 2 fully saturated rings. The van der Waals surface area contributed by atoms with Crippen LogP contribution in [-0.4, -0.2) is 75.1 Å². The van der Waals surface area contributed by atoms with Crippen LogP contribution in [0.3, 0.4) is 0 Å². The lowest BCUT2D eigenvalue weighted by molar-refractivity contribution is 0.131. The van der Waals surface area contributed by atoms with E-state index in [0.717, 1.165) is 50.8 Å². The van der Waals surface area contributed by atoms with E-state index in [1.165, 1.54) is 32.5 Å². The zero-order valence-corrected chi connectivity index (χ0v) is 19.0. The Morgan fingerprint density at radius 1 is 1.38 bits per heavy atom. The van der Waals surface area contributed by atoms with Crippen molar-refractivity contribution in [3.8, 4) is 0 Å². The Labute approximate surface area is 176 Å². The highest BCUT2D eigenvalue weighted by Crippen LogP contribution is 2.32. The van der Waals surface area contributed by atoms with Gasteiger partial charge in [-0.2, -0.15) is 0 Å². The summed E-state index contributed by atoms with van der Waals surface area (Å²) in [4.78, 5) is 7.36. The maximum absolute atomic E-state index is 9.34. The summed E-state index contributed by atoms with van der Waals surface area (Å²) in [5.41, 5.74) is 0.0149. The summed E-state index contributed by atoms with van der Waals surface area (Å²) in [5, 5.41) is 16.1. The van der Waals surface area contributed by atoms with Crippen molar-refractivity contribution in [1.29, 1.82) is 0 Å². The Hall–Kier alpha value is -0.120. The fraction of sp³-hybridized carbons (Fsp3) is 0.947. The number of piperidine rings is 1. The number of guanidine groups is 1. The summed E-state index contributed by atoms with van der Waals surface area (Å²) < 4.78 is 5.55. The fourth-order valence-electron chi connectivity index (χ4n) is 3.88. The summed E-state index contributed by atoms with van der Waals surface area (Å²) in [6.07, 6.45) is 5.62. The number of nitrogens with zero attached hydrogens (tertiary/aromatic N) is 2. The number of aliphatic hydroxyl groups excluding tert-OH is 1. The average molecular weight is 482 g/mol. The summed E-state index contributed by atoms with van der Waals surface area (Å²) in [5.74, 6) is 1.73. The number of hydrogen-bond acceptors (Lipinski definition) is 4. The van der Waals surface area contributed by atoms with Gasteiger partial charge in [0, 0.05) is 38.3 Å². The van der Waals surface area contributed by atoms with Gasteiger partial charge in [0.1, 0.15) is 0 Å². The molecule has 2 aliphatic heterocycles. The number of ether oxygens (including phenoxy) is 1. The van der Waals surface area contributed by atoms with Gasteiger partial charge in [-0.3, -0.25) is 4.99 Å². The molecule has 0 bridgehead atoms. The highest BCUT2D eigenvalue weighted by atomic mass is 127. The van der Waals surface area contributed by atoms with Gasteiger partial charge in [-0.1, -0.05) is 6.92 Å². The predicted molar refractivity (Wildman–Crippen MR) is 118 cm³/mol. The Morgan fingerprint density at radius 3 is 2.88 bits per heavy atom. The average Bonchev–Trinajstić information content (AvgIpc) is 3.06. The van der Waals surface area contributed by atoms with Gasteiger partial charge in [-0.25, -0.2) is 0 Å². The van der Waals surface area contributed by atoms with Gasteiger partial charge in [0.25, 0.3) is 0 Å². The minimum atomic E-state index is 0. The first-order valence-electron chi connectivity index (χ1n) is 10.1. The maximum atomic E-state index is 9.34. The summed E-state index contributed by atoms with van der Waals surface area (Å²) in [6, 6.07) is 0. The van der Waals surface area contributed by atoms with Crippen LogP contribution in [0, 0.1) is 11.3 Å². The normalized spacial score (nSPS) is 27.2.